The summed E-state index contributed by atoms with van der Waals surface area (Å²) in [6, 6.07) is 4.36. The van der Waals surface area contributed by atoms with Crippen molar-refractivity contribution in [3.8, 4) is 0 Å². The van der Waals surface area contributed by atoms with Crippen molar-refractivity contribution < 1.29 is 14.7 Å². The van der Waals surface area contributed by atoms with E-state index in [1.165, 1.54) is 0 Å². The summed E-state index contributed by atoms with van der Waals surface area (Å²) in [6.45, 7) is -0.274. The number of hydrogen-bond donors (Lipinski definition) is 3. The van der Waals surface area contributed by atoms with Gasteiger partial charge >= 0.3 is 5.97 Å². The third-order valence-corrected chi connectivity index (χ3v) is 2.54. The number of benzene rings is 1. The van der Waals surface area contributed by atoms with E-state index >= 15 is 0 Å². The van der Waals surface area contributed by atoms with Crippen LogP contribution in [-0.2, 0) is 9.59 Å². The second kappa shape index (κ2) is 4.11. The minimum atomic E-state index is -1.01. The maximum atomic E-state index is 11.5. The van der Waals surface area contributed by atoms with Crippen LogP contribution in [0, 0.1) is 0 Å². The summed E-state index contributed by atoms with van der Waals surface area (Å²) in [6.07, 6.45) is 0. The fourth-order valence-electron chi connectivity index (χ4n) is 1.62. The number of carbonyl (C=O) groups excluding carboxylic acids is 1. The number of anilines is 1. The summed E-state index contributed by atoms with van der Waals surface area (Å²) >= 11 is 5.82. The molecule has 1 atom stereocenters. The Morgan fingerprint density at radius 1 is 1.56 bits per heavy atom. The highest BCUT2D eigenvalue weighted by molar-refractivity contribution is 6.31. The van der Waals surface area contributed by atoms with Gasteiger partial charge in [0.25, 0.3) is 0 Å². The smallest absolute Gasteiger partial charge is 0.317 e. The first-order valence-corrected chi connectivity index (χ1v) is 5.01. The maximum Gasteiger partial charge on any atom is 0.317 e. The molecule has 0 saturated heterocycles. The Morgan fingerprint density at radius 2 is 2.31 bits per heavy atom. The largest absolute Gasteiger partial charge is 0.480 e. The van der Waals surface area contributed by atoms with Crippen LogP contribution >= 0.6 is 11.6 Å². The van der Waals surface area contributed by atoms with Crippen LogP contribution in [0.1, 0.15) is 11.6 Å². The molecule has 3 N–H and O–H groups in total. The van der Waals surface area contributed by atoms with Crippen LogP contribution in [0.15, 0.2) is 18.2 Å². The molecule has 0 aliphatic carbocycles. The van der Waals surface area contributed by atoms with Crippen molar-refractivity contribution in [2.24, 2.45) is 0 Å². The number of amides is 1. The van der Waals surface area contributed by atoms with E-state index in [0.717, 1.165) is 0 Å². The summed E-state index contributed by atoms with van der Waals surface area (Å²) in [7, 11) is 0. The van der Waals surface area contributed by atoms with Crippen molar-refractivity contribution >= 4 is 29.2 Å². The van der Waals surface area contributed by atoms with Gasteiger partial charge < -0.3 is 10.4 Å². The molecule has 2 rings (SSSR count). The molecular formula is C10H9ClN2O3. The quantitative estimate of drug-likeness (QED) is 0.737. The number of carboxylic acids is 1. The number of aliphatic carboxylic acids is 1. The molecular weight excluding hydrogens is 232 g/mol. The van der Waals surface area contributed by atoms with Gasteiger partial charge in [-0.1, -0.05) is 11.6 Å². The fraction of sp³-hybridized carbons (Fsp3) is 0.200. The number of halogens is 1. The van der Waals surface area contributed by atoms with Crippen LogP contribution in [-0.4, -0.2) is 23.5 Å². The molecule has 0 bridgehead atoms. The first-order valence-electron chi connectivity index (χ1n) is 4.63. The molecule has 1 aliphatic heterocycles. The predicted molar refractivity (Wildman–Crippen MR) is 58.5 cm³/mol. The Morgan fingerprint density at radius 3 is 3.00 bits per heavy atom. The summed E-state index contributed by atoms with van der Waals surface area (Å²) < 4.78 is 0. The topological polar surface area (TPSA) is 78.4 Å². The molecule has 0 fully saturated rings. The first kappa shape index (κ1) is 10.9. The molecule has 0 aromatic heterocycles. The highest BCUT2D eigenvalue weighted by Crippen LogP contribution is 2.32. The minimum Gasteiger partial charge on any atom is -0.480 e. The summed E-state index contributed by atoms with van der Waals surface area (Å²) in [5.41, 5.74) is 1.34. The van der Waals surface area contributed by atoms with Gasteiger partial charge in [-0.25, -0.2) is 0 Å². The lowest BCUT2D eigenvalue weighted by Gasteiger charge is -2.09. The van der Waals surface area contributed by atoms with Gasteiger partial charge in [-0.3, -0.25) is 14.9 Å². The number of carboxylic acid groups (broad SMARTS) is 1. The highest BCUT2D eigenvalue weighted by Gasteiger charge is 2.30. The van der Waals surface area contributed by atoms with Crippen LogP contribution in [0.4, 0.5) is 5.69 Å². The fourth-order valence-corrected chi connectivity index (χ4v) is 1.80. The standard InChI is InChI=1S/C10H9ClN2O3/c11-5-1-2-7-6(3-5)9(10(16)13-7)12-4-8(14)15/h1-3,9,12H,4H2,(H,13,16)(H,14,15). The van der Waals surface area contributed by atoms with E-state index in [9.17, 15) is 9.59 Å². The van der Waals surface area contributed by atoms with E-state index in [0.29, 0.717) is 16.3 Å². The van der Waals surface area contributed by atoms with Gasteiger partial charge in [-0.05, 0) is 18.2 Å². The van der Waals surface area contributed by atoms with E-state index in [4.69, 9.17) is 16.7 Å². The average molecular weight is 241 g/mol. The van der Waals surface area contributed by atoms with Gasteiger partial charge in [-0.15, -0.1) is 0 Å². The van der Waals surface area contributed by atoms with E-state index in [-0.39, 0.29) is 12.5 Å². The van der Waals surface area contributed by atoms with Crippen LogP contribution in [0.3, 0.4) is 0 Å². The number of carbonyl (C=O) groups is 2. The lowest BCUT2D eigenvalue weighted by molar-refractivity contribution is -0.136. The monoisotopic (exact) mass is 240 g/mol. The molecule has 1 unspecified atom stereocenters. The number of fused-ring (bicyclic) bond motifs is 1. The number of rotatable bonds is 3. The molecule has 5 nitrogen and oxygen atoms in total. The molecule has 1 aliphatic rings. The number of nitrogens with one attached hydrogen (secondary N) is 2. The molecule has 0 saturated carbocycles. The molecule has 1 aromatic rings. The van der Waals surface area contributed by atoms with Gasteiger partial charge in [0.15, 0.2) is 0 Å². The molecule has 0 spiro atoms. The van der Waals surface area contributed by atoms with Crippen LogP contribution in [0.25, 0.3) is 0 Å². The molecule has 1 amide bonds. The van der Waals surface area contributed by atoms with E-state index in [2.05, 4.69) is 10.6 Å². The van der Waals surface area contributed by atoms with Crippen molar-refractivity contribution in [2.75, 3.05) is 11.9 Å². The molecule has 1 heterocycles. The number of hydrogen-bond acceptors (Lipinski definition) is 3. The van der Waals surface area contributed by atoms with Gasteiger partial charge in [0.05, 0.1) is 6.54 Å². The zero-order chi connectivity index (χ0) is 11.7. The van der Waals surface area contributed by atoms with E-state index in [1.54, 1.807) is 18.2 Å². The molecule has 16 heavy (non-hydrogen) atoms. The zero-order valence-corrected chi connectivity index (χ0v) is 8.91. The second-order valence-electron chi connectivity index (χ2n) is 3.43. The Labute approximate surface area is 96.4 Å². The van der Waals surface area contributed by atoms with Crippen molar-refractivity contribution in [1.29, 1.82) is 0 Å². The predicted octanol–water partition coefficient (Wildman–Crippen LogP) is 1.01. The van der Waals surface area contributed by atoms with E-state index in [1.807, 2.05) is 0 Å². The summed E-state index contributed by atoms with van der Waals surface area (Å²) in [5, 5.41) is 14.3. The maximum absolute atomic E-state index is 11.5. The van der Waals surface area contributed by atoms with Crippen LogP contribution in [0.2, 0.25) is 5.02 Å². The van der Waals surface area contributed by atoms with Crippen molar-refractivity contribution in [3.63, 3.8) is 0 Å². The van der Waals surface area contributed by atoms with Crippen LogP contribution in [0.5, 0.6) is 0 Å². The first-order chi connectivity index (χ1) is 7.58. The molecule has 1 aromatic carbocycles. The average Bonchev–Trinajstić information content (AvgIpc) is 2.51. The Kier molecular flexibility index (Phi) is 2.80. The van der Waals surface area contributed by atoms with E-state index < -0.39 is 12.0 Å². The Balaban J connectivity index is 2.24. The van der Waals surface area contributed by atoms with Gasteiger partial charge in [0.1, 0.15) is 6.04 Å². The van der Waals surface area contributed by atoms with Crippen molar-refractivity contribution in [1.82, 2.24) is 5.32 Å². The third-order valence-electron chi connectivity index (χ3n) is 2.30. The minimum absolute atomic E-state index is 0.265. The third kappa shape index (κ3) is 2.00. The van der Waals surface area contributed by atoms with Gasteiger partial charge in [0, 0.05) is 16.3 Å². The van der Waals surface area contributed by atoms with Gasteiger partial charge in [-0.2, -0.15) is 0 Å². The van der Waals surface area contributed by atoms with Gasteiger partial charge in [0.2, 0.25) is 5.91 Å². The Bertz CT molecular complexity index is 461. The highest BCUT2D eigenvalue weighted by atomic mass is 35.5. The van der Waals surface area contributed by atoms with Crippen molar-refractivity contribution in [3.05, 3.63) is 28.8 Å². The molecule has 84 valence electrons. The SMILES string of the molecule is O=C(O)CNC1C(=O)Nc2ccc(Cl)cc21. The summed E-state index contributed by atoms with van der Waals surface area (Å²) in [4.78, 5) is 22.0. The second-order valence-corrected chi connectivity index (χ2v) is 3.86. The molecule has 0 radical (unpaired) electrons. The Hall–Kier alpha value is -1.59. The zero-order valence-electron chi connectivity index (χ0n) is 8.16. The molecule has 6 heteroatoms. The van der Waals surface area contributed by atoms with Crippen LogP contribution < -0.4 is 10.6 Å². The normalized spacial score (nSPS) is 18.1. The van der Waals surface area contributed by atoms with Crippen molar-refractivity contribution in [2.45, 2.75) is 6.04 Å². The lowest BCUT2D eigenvalue weighted by atomic mass is 10.1. The lowest BCUT2D eigenvalue weighted by Crippen LogP contribution is -2.31. The summed E-state index contributed by atoms with van der Waals surface area (Å²) in [5.74, 6) is -1.28.